The molecule has 1 amide bonds. The molecule has 4 rings (SSSR count). The molecule has 0 atom stereocenters. The van der Waals surface area contributed by atoms with Gasteiger partial charge in [0.1, 0.15) is 17.3 Å². The fourth-order valence-corrected chi connectivity index (χ4v) is 3.83. The molecule has 7 heteroatoms. The van der Waals surface area contributed by atoms with Crippen molar-refractivity contribution in [1.82, 2.24) is 5.32 Å². The lowest BCUT2D eigenvalue weighted by Gasteiger charge is -1.99. The van der Waals surface area contributed by atoms with Crippen LogP contribution in [0.25, 0.3) is 17.4 Å². The highest BCUT2D eigenvalue weighted by atomic mass is 79.9. The van der Waals surface area contributed by atoms with Crippen LogP contribution in [-0.4, -0.2) is 18.2 Å². The molecule has 2 heterocycles. The van der Waals surface area contributed by atoms with E-state index in [0.29, 0.717) is 15.8 Å². The van der Waals surface area contributed by atoms with Crippen LogP contribution in [0.3, 0.4) is 0 Å². The number of carbonyl (C=O) groups excluding carboxylic acids is 1. The molecule has 0 radical (unpaired) electrons. The molecule has 1 N–H and O–H groups in total. The number of furan rings is 1. The largest absolute Gasteiger partial charge is 0.497 e. The van der Waals surface area contributed by atoms with E-state index in [0.717, 1.165) is 27.2 Å². The van der Waals surface area contributed by atoms with E-state index in [9.17, 15) is 4.79 Å². The van der Waals surface area contributed by atoms with Crippen LogP contribution >= 0.6 is 27.7 Å². The number of nitrogens with zero attached hydrogens (tertiary/aromatic N) is 1. The Morgan fingerprint density at radius 2 is 1.96 bits per heavy atom. The topological polar surface area (TPSA) is 63.8 Å². The number of hydrogen-bond donors (Lipinski definition) is 1. The van der Waals surface area contributed by atoms with Gasteiger partial charge in [-0.2, -0.15) is 0 Å². The van der Waals surface area contributed by atoms with Gasteiger partial charge in [0, 0.05) is 16.1 Å². The van der Waals surface area contributed by atoms with E-state index < -0.39 is 0 Å². The summed E-state index contributed by atoms with van der Waals surface area (Å²) < 4.78 is 12.0. The van der Waals surface area contributed by atoms with Crippen molar-refractivity contribution in [3.05, 3.63) is 75.8 Å². The van der Waals surface area contributed by atoms with Gasteiger partial charge in [-0.05, 0) is 60.3 Å². The zero-order chi connectivity index (χ0) is 19.5. The summed E-state index contributed by atoms with van der Waals surface area (Å²) in [6.07, 6.45) is 1.72. The van der Waals surface area contributed by atoms with Crippen molar-refractivity contribution in [2.24, 2.45) is 4.99 Å². The van der Waals surface area contributed by atoms with Crippen molar-refractivity contribution < 1.29 is 13.9 Å². The lowest BCUT2D eigenvalue weighted by Crippen LogP contribution is -2.19. The first-order valence-electron chi connectivity index (χ1n) is 8.40. The lowest BCUT2D eigenvalue weighted by atomic mass is 10.2. The quantitative estimate of drug-likeness (QED) is 0.520. The minimum Gasteiger partial charge on any atom is -0.497 e. The molecule has 5 nitrogen and oxygen atoms in total. The second-order valence-corrected chi connectivity index (χ2v) is 7.84. The Kier molecular flexibility index (Phi) is 5.36. The highest BCUT2D eigenvalue weighted by molar-refractivity contribution is 9.10. The van der Waals surface area contributed by atoms with Crippen LogP contribution in [-0.2, 0) is 4.79 Å². The first kappa shape index (κ1) is 18.6. The van der Waals surface area contributed by atoms with E-state index in [1.807, 2.05) is 60.7 Å². The Bertz CT molecular complexity index is 1090. The first-order valence-corrected chi connectivity index (χ1v) is 10.0. The van der Waals surface area contributed by atoms with Gasteiger partial charge in [0.2, 0.25) is 0 Å². The molecule has 1 aliphatic heterocycles. The zero-order valence-corrected chi connectivity index (χ0v) is 17.2. The lowest BCUT2D eigenvalue weighted by molar-refractivity contribution is -0.115. The van der Waals surface area contributed by atoms with Crippen LogP contribution in [0.5, 0.6) is 5.75 Å². The van der Waals surface area contributed by atoms with Crippen LogP contribution in [0.1, 0.15) is 5.76 Å². The van der Waals surface area contributed by atoms with E-state index in [1.54, 1.807) is 13.2 Å². The number of halogens is 1. The summed E-state index contributed by atoms with van der Waals surface area (Å²) in [5, 5.41) is 3.30. The summed E-state index contributed by atoms with van der Waals surface area (Å²) in [4.78, 5) is 17.2. The minimum absolute atomic E-state index is 0.197. The van der Waals surface area contributed by atoms with E-state index in [4.69, 9.17) is 9.15 Å². The van der Waals surface area contributed by atoms with Gasteiger partial charge >= 0.3 is 0 Å². The van der Waals surface area contributed by atoms with Gasteiger partial charge in [0.05, 0.1) is 17.7 Å². The number of rotatable bonds is 4. The first-order chi connectivity index (χ1) is 13.6. The second kappa shape index (κ2) is 8.08. The third-order valence-electron chi connectivity index (χ3n) is 3.96. The van der Waals surface area contributed by atoms with Gasteiger partial charge in [-0.25, -0.2) is 4.99 Å². The van der Waals surface area contributed by atoms with Crippen molar-refractivity contribution in [2.75, 3.05) is 7.11 Å². The molecule has 0 spiro atoms. The summed E-state index contributed by atoms with van der Waals surface area (Å²) in [7, 11) is 1.61. The van der Waals surface area contributed by atoms with E-state index >= 15 is 0 Å². The highest BCUT2D eigenvalue weighted by Gasteiger charge is 2.24. The molecule has 0 saturated carbocycles. The summed E-state index contributed by atoms with van der Waals surface area (Å²) in [6, 6.07) is 18.9. The van der Waals surface area contributed by atoms with Crippen LogP contribution in [0.15, 0.2) is 79.5 Å². The molecule has 0 bridgehead atoms. The average molecular weight is 455 g/mol. The summed E-state index contributed by atoms with van der Waals surface area (Å²) in [5.41, 5.74) is 1.70. The van der Waals surface area contributed by atoms with Gasteiger partial charge in [-0.1, -0.05) is 28.1 Å². The average Bonchev–Trinajstić information content (AvgIpc) is 3.29. The molecule has 1 aromatic heterocycles. The normalized spacial score (nSPS) is 16.6. The molecule has 140 valence electrons. The predicted octanol–water partition coefficient (Wildman–Crippen LogP) is 5.61. The van der Waals surface area contributed by atoms with E-state index in [2.05, 4.69) is 26.2 Å². The van der Waals surface area contributed by atoms with E-state index in [1.165, 1.54) is 11.8 Å². The number of thioether (sulfide) groups is 1. The molecule has 1 saturated heterocycles. The monoisotopic (exact) mass is 454 g/mol. The van der Waals surface area contributed by atoms with Crippen molar-refractivity contribution in [3.63, 3.8) is 0 Å². The Balaban J connectivity index is 1.52. The molecular weight excluding hydrogens is 440 g/mol. The number of amides is 1. The van der Waals surface area contributed by atoms with Crippen LogP contribution in [0, 0.1) is 0 Å². The van der Waals surface area contributed by atoms with Crippen LogP contribution < -0.4 is 10.1 Å². The van der Waals surface area contributed by atoms with Gasteiger partial charge < -0.3 is 14.5 Å². The van der Waals surface area contributed by atoms with Crippen LogP contribution in [0.2, 0.25) is 0 Å². The molecule has 1 aliphatic rings. The Morgan fingerprint density at radius 3 is 2.71 bits per heavy atom. The number of benzene rings is 2. The number of carbonyl (C=O) groups is 1. The van der Waals surface area contributed by atoms with Crippen LogP contribution in [0.4, 0.5) is 5.69 Å². The molecule has 0 unspecified atom stereocenters. The summed E-state index contributed by atoms with van der Waals surface area (Å²) >= 11 is 4.73. The SMILES string of the molecule is COc1ccc(N=C2NC(=O)/C(=C\c3ccc(-c4cccc(Br)c4)o3)S2)cc1. The number of ether oxygens (including phenoxy) is 1. The van der Waals surface area contributed by atoms with E-state index in [-0.39, 0.29) is 5.91 Å². The maximum absolute atomic E-state index is 12.3. The number of nitrogens with one attached hydrogen (secondary N) is 1. The molecule has 1 fully saturated rings. The summed E-state index contributed by atoms with van der Waals surface area (Å²) in [5.74, 6) is 1.91. The van der Waals surface area contributed by atoms with Crippen molar-refractivity contribution in [2.45, 2.75) is 0 Å². The number of aliphatic imine (C=N–C) groups is 1. The number of hydrogen-bond acceptors (Lipinski definition) is 5. The summed E-state index contributed by atoms with van der Waals surface area (Å²) in [6.45, 7) is 0. The molecule has 28 heavy (non-hydrogen) atoms. The van der Waals surface area contributed by atoms with Gasteiger partial charge in [-0.3, -0.25) is 4.79 Å². The zero-order valence-electron chi connectivity index (χ0n) is 14.8. The maximum atomic E-state index is 12.3. The molecule has 2 aromatic carbocycles. The van der Waals surface area contributed by atoms with Crippen molar-refractivity contribution in [3.8, 4) is 17.1 Å². The fourth-order valence-electron chi connectivity index (χ4n) is 2.61. The Labute approximate surface area is 174 Å². The highest BCUT2D eigenvalue weighted by Crippen LogP contribution is 2.31. The maximum Gasteiger partial charge on any atom is 0.264 e. The van der Waals surface area contributed by atoms with Gasteiger partial charge in [-0.15, -0.1) is 0 Å². The van der Waals surface area contributed by atoms with Gasteiger partial charge in [0.15, 0.2) is 5.17 Å². The third-order valence-corrected chi connectivity index (χ3v) is 5.37. The Hall–Kier alpha value is -2.77. The number of methoxy groups -OCH3 is 1. The predicted molar refractivity (Wildman–Crippen MR) is 116 cm³/mol. The Morgan fingerprint density at radius 1 is 1.14 bits per heavy atom. The second-order valence-electron chi connectivity index (χ2n) is 5.89. The third kappa shape index (κ3) is 4.21. The van der Waals surface area contributed by atoms with Gasteiger partial charge in [0.25, 0.3) is 5.91 Å². The number of amidine groups is 1. The molecular formula is C21H15BrN2O3S. The smallest absolute Gasteiger partial charge is 0.264 e. The molecule has 0 aliphatic carbocycles. The fraction of sp³-hybridized carbons (Fsp3) is 0.0476. The standard InChI is InChI=1S/C21H15BrN2O3S/c1-26-16-7-5-15(6-8-16)23-21-24-20(25)19(28-21)12-17-9-10-18(27-17)13-3-2-4-14(22)11-13/h2-12H,1H3,(H,23,24,25)/b19-12+. The van der Waals surface area contributed by atoms with Crippen molar-refractivity contribution >= 4 is 50.5 Å². The molecule has 3 aromatic rings. The minimum atomic E-state index is -0.197. The van der Waals surface area contributed by atoms with Crippen molar-refractivity contribution in [1.29, 1.82) is 0 Å².